The van der Waals surface area contributed by atoms with Gasteiger partial charge in [0.2, 0.25) is 0 Å². The summed E-state index contributed by atoms with van der Waals surface area (Å²) in [7, 11) is 0. The van der Waals surface area contributed by atoms with E-state index in [9.17, 15) is 20.0 Å². The van der Waals surface area contributed by atoms with Gasteiger partial charge in [-0.15, -0.1) is 0 Å². The summed E-state index contributed by atoms with van der Waals surface area (Å²) in [6.45, 7) is 0. The Kier molecular flexibility index (Phi) is 5.26. The van der Waals surface area contributed by atoms with Crippen molar-refractivity contribution in [3.8, 4) is 0 Å². The van der Waals surface area contributed by atoms with Gasteiger partial charge in [-0.25, -0.2) is 0 Å². The maximum Gasteiger partial charge on any atom is 0.305 e. The molecular formula is C12H15NO5. The van der Waals surface area contributed by atoms with Crippen LogP contribution in [-0.2, 0) is 11.2 Å². The zero-order valence-corrected chi connectivity index (χ0v) is 9.78. The third-order valence-electron chi connectivity index (χ3n) is 2.53. The van der Waals surface area contributed by atoms with Gasteiger partial charge in [0, 0.05) is 12.1 Å². The smallest absolute Gasteiger partial charge is 0.305 e. The lowest BCUT2D eigenvalue weighted by Crippen LogP contribution is -2.12. The molecule has 0 aliphatic rings. The number of hydrogen-bond acceptors (Lipinski definition) is 4. The van der Waals surface area contributed by atoms with E-state index in [1.165, 1.54) is 12.1 Å². The molecule has 0 aliphatic carbocycles. The molecule has 6 nitrogen and oxygen atoms in total. The van der Waals surface area contributed by atoms with E-state index >= 15 is 0 Å². The maximum atomic E-state index is 10.6. The Morgan fingerprint density at radius 1 is 1.44 bits per heavy atom. The van der Waals surface area contributed by atoms with Crippen LogP contribution in [-0.4, -0.2) is 27.2 Å². The molecule has 1 aromatic carbocycles. The first kappa shape index (κ1) is 14.1. The fraction of sp³-hybridized carbons (Fsp3) is 0.417. The monoisotopic (exact) mass is 253 g/mol. The van der Waals surface area contributed by atoms with Crippen LogP contribution in [0.4, 0.5) is 5.69 Å². The molecule has 18 heavy (non-hydrogen) atoms. The predicted molar refractivity (Wildman–Crippen MR) is 64.3 cm³/mol. The van der Waals surface area contributed by atoms with E-state index in [-0.39, 0.29) is 12.1 Å². The van der Waals surface area contributed by atoms with Crippen molar-refractivity contribution in [2.24, 2.45) is 0 Å². The summed E-state index contributed by atoms with van der Waals surface area (Å²) in [6.07, 6.45) is 0.416. The van der Waals surface area contributed by atoms with Gasteiger partial charge in [0.25, 0.3) is 5.69 Å². The average molecular weight is 253 g/mol. The van der Waals surface area contributed by atoms with Gasteiger partial charge in [-0.2, -0.15) is 0 Å². The van der Waals surface area contributed by atoms with Crippen molar-refractivity contribution in [3.05, 3.63) is 39.9 Å². The van der Waals surface area contributed by atoms with Crippen LogP contribution in [0.5, 0.6) is 0 Å². The Bertz CT molecular complexity index is 432. The molecule has 0 bridgehead atoms. The highest BCUT2D eigenvalue weighted by Gasteiger charge is 2.10. The molecule has 1 rings (SSSR count). The highest BCUT2D eigenvalue weighted by atomic mass is 16.6. The van der Waals surface area contributed by atoms with E-state index in [1.807, 2.05) is 0 Å². The molecule has 1 unspecified atom stereocenters. The van der Waals surface area contributed by atoms with Gasteiger partial charge in [-0.1, -0.05) is 12.1 Å². The van der Waals surface area contributed by atoms with Crippen molar-refractivity contribution in [1.29, 1.82) is 0 Å². The average Bonchev–Trinajstić information content (AvgIpc) is 2.28. The first-order valence-corrected chi connectivity index (χ1v) is 5.62. The van der Waals surface area contributed by atoms with Gasteiger partial charge >= 0.3 is 5.97 Å². The third kappa shape index (κ3) is 4.92. The number of nitro benzene ring substituents is 1. The van der Waals surface area contributed by atoms with E-state index in [0.717, 1.165) is 5.56 Å². The fourth-order valence-corrected chi connectivity index (χ4v) is 1.67. The Hall–Kier alpha value is -1.95. The molecule has 0 spiro atoms. The number of rotatable bonds is 7. The second-order valence-electron chi connectivity index (χ2n) is 4.07. The van der Waals surface area contributed by atoms with Gasteiger partial charge in [0.15, 0.2) is 0 Å². The minimum Gasteiger partial charge on any atom is -0.481 e. The Balaban J connectivity index is 2.41. The number of aryl methyl sites for hydroxylation is 1. The summed E-state index contributed by atoms with van der Waals surface area (Å²) in [6, 6.07) is 6.30. The van der Waals surface area contributed by atoms with Crippen LogP contribution in [0.3, 0.4) is 0 Å². The molecule has 0 aromatic heterocycles. The summed E-state index contributed by atoms with van der Waals surface area (Å²) >= 11 is 0. The summed E-state index contributed by atoms with van der Waals surface area (Å²) < 4.78 is 0. The molecule has 98 valence electrons. The second kappa shape index (κ2) is 6.70. The van der Waals surface area contributed by atoms with Crippen LogP contribution in [0.2, 0.25) is 0 Å². The molecule has 0 fully saturated rings. The number of carbonyl (C=O) groups is 1. The van der Waals surface area contributed by atoms with Gasteiger partial charge < -0.3 is 10.2 Å². The number of nitro groups is 1. The molecule has 2 N–H and O–H groups in total. The molecule has 0 saturated carbocycles. The molecule has 0 saturated heterocycles. The molecule has 1 atom stereocenters. The topological polar surface area (TPSA) is 101 Å². The number of hydrogen-bond donors (Lipinski definition) is 2. The summed E-state index contributed by atoms with van der Waals surface area (Å²) in [4.78, 5) is 20.4. The highest BCUT2D eigenvalue weighted by molar-refractivity contribution is 5.67. The van der Waals surface area contributed by atoms with Crippen molar-refractivity contribution >= 4 is 11.7 Å². The number of aliphatic hydroxyl groups excluding tert-OH is 1. The van der Waals surface area contributed by atoms with Crippen molar-refractivity contribution in [1.82, 2.24) is 0 Å². The van der Waals surface area contributed by atoms with Gasteiger partial charge in [-0.3, -0.25) is 14.9 Å². The van der Waals surface area contributed by atoms with Crippen molar-refractivity contribution in [2.45, 2.75) is 31.8 Å². The molecule has 6 heteroatoms. The van der Waals surface area contributed by atoms with Crippen LogP contribution in [0.1, 0.15) is 24.8 Å². The zero-order valence-electron chi connectivity index (χ0n) is 9.78. The van der Waals surface area contributed by atoms with E-state index in [0.29, 0.717) is 19.3 Å². The van der Waals surface area contributed by atoms with E-state index in [1.54, 1.807) is 12.1 Å². The molecule has 0 aliphatic heterocycles. The number of aliphatic carboxylic acids is 1. The van der Waals surface area contributed by atoms with Gasteiger partial charge in [-0.05, 0) is 24.8 Å². The molecular weight excluding hydrogens is 238 g/mol. The number of aliphatic hydroxyl groups is 1. The SMILES string of the molecule is O=C(O)CC(O)CCCc1cccc([N+](=O)[O-])c1. The zero-order chi connectivity index (χ0) is 13.5. The standard InChI is InChI=1S/C12H15NO5/c14-11(8-12(15)16)6-2-4-9-3-1-5-10(7-9)13(17)18/h1,3,5,7,11,14H,2,4,6,8H2,(H,15,16). The Morgan fingerprint density at radius 3 is 2.78 bits per heavy atom. The van der Waals surface area contributed by atoms with E-state index in [2.05, 4.69) is 0 Å². The number of non-ortho nitro benzene ring substituents is 1. The molecule has 1 aromatic rings. The summed E-state index contributed by atoms with van der Waals surface area (Å²) in [5, 5.41) is 28.4. The van der Waals surface area contributed by atoms with Gasteiger partial charge in [0.1, 0.15) is 0 Å². The third-order valence-corrected chi connectivity index (χ3v) is 2.53. The van der Waals surface area contributed by atoms with Crippen molar-refractivity contribution in [3.63, 3.8) is 0 Å². The summed E-state index contributed by atoms with van der Waals surface area (Å²) in [5.74, 6) is -1.03. The molecule has 0 radical (unpaired) electrons. The normalized spacial score (nSPS) is 12.1. The number of nitrogens with zero attached hydrogens (tertiary/aromatic N) is 1. The van der Waals surface area contributed by atoms with E-state index < -0.39 is 17.0 Å². The first-order chi connectivity index (χ1) is 8.49. The minimum atomic E-state index is -1.03. The Morgan fingerprint density at radius 2 is 2.17 bits per heavy atom. The van der Waals surface area contributed by atoms with Crippen molar-refractivity contribution in [2.75, 3.05) is 0 Å². The Labute approximate surface area is 104 Å². The number of carboxylic acid groups (broad SMARTS) is 1. The van der Waals surface area contributed by atoms with Crippen LogP contribution in [0.25, 0.3) is 0 Å². The number of carboxylic acids is 1. The lowest BCUT2D eigenvalue weighted by molar-refractivity contribution is -0.384. The summed E-state index contributed by atoms with van der Waals surface area (Å²) in [5.41, 5.74) is 0.852. The van der Waals surface area contributed by atoms with Crippen LogP contribution in [0, 0.1) is 10.1 Å². The largest absolute Gasteiger partial charge is 0.481 e. The predicted octanol–water partition coefficient (Wildman–Crippen LogP) is 1.75. The van der Waals surface area contributed by atoms with E-state index in [4.69, 9.17) is 5.11 Å². The van der Waals surface area contributed by atoms with Crippen LogP contribution >= 0.6 is 0 Å². The van der Waals surface area contributed by atoms with Crippen LogP contribution < -0.4 is 0 Å². The maximum absolute atomic E-state index is 10.6. The lowest BCUT2D eigenvalue weighted by Gasteiger charge is -2.07. The molecule has 0 heterocycles. The number of benzene rings is 1. The fourth-order valence-electron chi connectivity index (χ4n) is 1.67. The minimum absolute atomic E-state index is 0.0404. The molecule has 0 amide bonds. The van der Waals surface area contributed by atoms with Gasteiger partial charge in [0.05, 0.1) is 17.4 Å². The van der Waals surface area contributed by atoms with Crippen LogP contribution in [0.15, 0.2) is 24.3 Å². The van der Waals surface area contributed by atoms with Crippen molar-refractivity contribution < 1.29 is 19.9 Å². The lowest BCUT2D eigenvalue weighted by atomic mass is 10.0. The second-order valence-corrected chi connectivity index (χ2v) is 4.07. The quantitative estimate of drug-likeness (QED) is 0.569. The first-order valence-electron chi connectivity index (χ1n) is 5.62. The highest BCUT2D eigenvalue weighted by Crippen LogP contribution is 2.15.